The first-order valence-electron chi connectivity index (χ1n) is 5.89. The molecule has 0 saturated carbocycles. The van der Waals surface area contributed by atoms with Crippen LogP contribution in [0.1, 0.15) is 5.56 Å². The van der Waals surface area contributed by atoms with E-state index in [2.05, 4.69) is 5.32 Å². The number of nitrogens with one attached hydrogen (secondary N) is 1. The predicted octanol–water partition coefficient (Wildman–Crippen LogP) is 0.702. The number of nitro benzene ring substituents is 1. The molecule has 0 atom stereocenters. The minimum absolute atomic E-state index is 0.00464. The van der Waals surface area contributed by atoms with Crippen molar-refractivity contribution in [3.8, 4) is 5.75 Å². The minimum atomic E-state index is -0.466. The molecule has 1 rings (SSSR count). The number of hydrogen-bond acceptors (Lipinski definition) is 6. The summed E-state index contributed by atoms with van der Waals surface area (Å²) in [5, 5.41) is 22.4. The topological polar surface area (TPSA) is 93.9 Å². The number of benzene rings is 1. The Morgan fingerprint density at radius 1 is 1.42 bits per heavy atom. The highest BCUT2D eigenvalue weighted by Gasteiger charge is 2.14. The maximum absolute atomic E-state index is 10.8. The number of nitrogens with zero attached hydrogens (tertiary/aromatic N) is 1. The van der Waals surface area contributed by atoms with Crippen LogP contribution in [0, 0.1) is 10.1 Å². The zero-order chi connectivity index (χ0) is 14.1. The summed E-state index contributed by atoms with van der Waals surface area (Å²) in [5.74, 6) is 0.250. The van der Waals surface area contributed by atoms with Crippen LogP contribution >= 0.6 is 0 Å². The largest absolute Gasteiger partial charge is 0.490 e. The molecule has 0 heterocycles. The van der Waals surface area contributed by atoms with Gasteiger partial charge in [-0.05, 0) is 11.6 Å². The zero-order valence-electron chi connectivity index (χ0n) is 10.8. The number of rotatable bonds is 9. The molecular formula is C12H18N2O5. The van der Waals surface area contributed by atoms with Gasteiger partial charge in [0.1, 0.15) is 0 Å². The third-order valence-electron chi connectivity index (χ3n) is 2.43. The Hall–Kier alpha value is -1.70. The second kappa shape index (κ2) is 8.41. The highest BCUT2D eigenvalue weighted by molar-refractivity contribution is 5.48. The van der Waals surface area contributed by atoms with Crippen molar-refractivity contribution in [1.82, 2.24) is 5.32 Å². The van der Waals surface area contributed by atoms with Gasteiger partial charge in [-0.1, -0.05) is 6.07 Å². The molecular weight excluding hydrogens is 252 g/mol. The molecule has 0 saturated heterocycles. The molecule has 0 fully saturated rings. The van der Waals surface area contributed by atoms with Crippen molar-refractivity contribution in [3.05, 3.63) is 33.9 Å². The number of nitro groups is 1. The van der Waals surface area contributed by atoms with Gasteiger partial charge >= 0.3 is 5.69 Å². The molecule has 7 nitrogen and oxygen atoms in total. The van der Waals surface area contributed by atoms with Gasteiger partial charge in [0.15, 0.2) is 5.75 Å². The van der Waals surface area contributed by atoms with Crippen molar-refractivity contribution in [2.24, 2.45) is 0 Å². The van der Waals surface area contributed by atoms with E-state index in [-0.39, 0.29) is 18.0 Å². The van der Waals surface area contributed by atoms with Gasteiger partial charge in [-0.3, -0.25) is 10.1 Å². The number of ether oxygens (including phenoxy) is 2. The van der Waals surface area contributed by atoms with Gasteiger partial charge in [0.2, 0.25) is 0 Å². The lowest BCUT2D eigenvalue weighted by Gasteiger charge is -2.07. The van der Waals surface area contributed by atoms with Crippen LogP contribution in [0.15, 0.2) is 18.2 Å². The highest BCUT2D eigenvalue weighted by atomic mass is 16.6. The van der Waals surface area contributed by atoms with Crippen LogP contribution in [-0.4, -0.2) is 43.5 Å². The first kappa shape index (κ1) is 15.4. The van der Waals surface area contributed by atoms with Crippen molar-refractivity contribution in [2.45, 2.75) is 6.54 Å². The summed E-state index contributed by atoms with van der Waals surface area (Å²) in [6.07, 6.45) is 0. The predicted molar refractivity (Wildman–Crippen MR) is 69.3 cm³/mol. The highest BCUT2D eigenvalue weighted by Crippen LogP contribution is 2.27. The van der Waals surface area contributed by atoms with E-state index in [0.29, 0.717) is 26.3 Å². The quantitative estimate of drug-likeness (QED) is 0.390. The number of methoxy groups -OCH3 is 1. The molecule has 1 aromatic rings. The third kappa shape index (κ3) is 5.21. The van der Waals surface area contributed by atoms with E-state index in [1.54, 1.807) is 12.1 Å². The first-order valence-corrected chi connectivity index (χ1v) is 5.89. The smallest absolute Gasteiger partial charge is 0.311 e. The fourth-order valence-electron chi connectivity index (χ4n) is 1.53. The zero-order valence-corrected chi connectivity index (χ0v) is 10.8. The molecule has 0 bridgehead atoms. The Morgan fingerprint density at radius 2 is 2.21 bits per heavy atom. The molecule has 1 aromatic carbocycles. The molecule has 7 heteroatoms. The van der Waals surface area contributed by atoms with Crippen LogP contribution in [0.25, 0.3) is 0 Å². The Labute approximate surface area is 111 Å². The molecule has 0 aliphatic carbocycles. The van der Waals surface area contributed by atoms with Crippen LogP contribution in [-0.2, 0) is 11.3 Å². The van der Waals surface area contributed by atoms with Crippen molar-refractivity contribution in [3.63, 3.8) is 0 Å². The summed E-state index contributed by atoms with van der Waals surface area (Å²) in [6, 6.07) is 4.84. The summed E-state index contributed by atoms with van der Waals surface area (Å²) in [6.45, 7) is 1.92. The third-order valence-corrected chi connectivity index (χ3v) is 2.43. The number of aliphatic hydroxyl groups excluding tert-OH is 1. The summed E-state index contributed by atoms with van der Waals surface area (Å²) >= 11 is 0. The fraction of sp³-hybridized carbons (Fsp3) is 0.500. The average Bonchev–Trinajstić information content (AvgIpc) is 2.42. The van der Waals surface area contributed by atoms with Crippen LogP contribution in [0.2, 0.25) is 0 Å². The van der Waals surface area contributed by atoms with Gasteiger partial charge in [-0.15, -0.1) is 0 Å². The van der Waals surface area contributed by atoms with Crippen molar-refractivity contribution in [2.75, 3.05) is 33.5 Å². The van der Waals surface area contributed by atoms with Gasteiger partial charge < -0.3 is 19.9 Å². The molecule has 0 aliphatic heterocycles. The second-order valence-electron chi connectivity index (χ2n) is 3.78. The SMILES string of the molecule is COc1ccc(CNCCOCCO)cc1[N+](=O)[O-]. The van der Waals surface area contributed by atoms with Gasteiger partial charge in [0.25, 0.3) is 0 Å². The normalized spacial score (nSPS) is 10.4. The van der Waals surface area contributed by atoms with Gasteiger partial charge in [-0.25, -0.2) is 0 Å². The van der Waals surface area contributed by atoms with E-state index in [1.165, 1.54) is 13.2 Å². The van der Waals surface area contributed by atoms with Crippen molar-refractivity contribution >= 4 is 5.69 Å². The lowest BCUT2D eigenvalue weighted by atomic mass is 10.2. The summed E-state index contributed by atoms with van der Waals surface area (Å²) in [7, 11) is 1.40. The standard InChI is InChI=1S/C12H18N2O5/c1-18-12-3-2-10(8-11(12)14(16)17)9-13-4-6-19-7-5-15/h2-3,8,13,15H,4-7,9H2,1H3. The second-order valence-corrected chi connectivity index (χ2v) is 3.78. The lowest BCUT2D eigenvalue weighted by Crippen LogP contribution is -2.20. The molecule has 0 spiro atoms. The molecule has 0 amide bonds. The van der Waals surface area contributed by atoms with E-state index >= 15 is 0 Å². The summed E-state index contributed by atoms with van der Waals surface area (Å²) in [4.78, 5) is 10.4. The van der Waals surface area contributed by atoms with Crippen LogP contribution in [0.5, 0.6) is 5.75 Å². The molecule has 0 aliphatic rings. The maximum Gasteiger partial charge on any atom is 0.311 e. The average molecular weight is 270 g/mol. The lowest BCUT2D eigenvalue weighted by molar-refractivity contribution is -0.385. The molecule has 0 unspecified atom stereocenters. The molecule has 106 valence electrons. The first-order chi connectivity index (χ1) is 9.19. The molecule has 0 radical (unpaired) electrons. The van der Waals surface area contributed by atoms with Gasteiger partial charge in [-0.2, -0.15) is 0 Å². The van der Waals surface area contributed by atoms with Crippen LogP contribution in [0.4, 0.5) is 5.69 Å². The van der Waals surface area contributed by atoms with Crippen LogP contribution in [0.3, 0.4) is 0 Å². The minimum Gasteiger partial charge on any atom is -0.490 e. The molecule has 2 N–H and O–H groups in total. The van der Waals surface area contributed by atoms with E-state index < -0.39 is 4.92 Å². The maximum atomic E-state index is 10.8. The molecule has 19 heavy (non-hydrogen) atoms. The van der Waals surface area contributed by atoms with E-state index in [4.69, 9.17) is 14.6 Å². The van der Waals surface area contributed by atoms with Crippen molar-refractivity contribution in [1.29, 1.82) is 0 Å². The van der Waals surface area contributed by atoms with Crippen LogP contribution < -0.4 is 10.1 Å². The Morgan fingerprint density at radius 3 is 2.84 bits per heavy atom. The monoisotopic (exact) mass is 270 g/mol. The van der Waals surface area contributed by atoms with Crippen molar-refractivity contribution < 1.29 is 19.5 Å². The van der Waals surface area contributed by atoms with E-state index in [9.17, 15) is 10.1 Å². The van der Waals surface area contributed by atoms with Gasteiger partial charge in [0, 0.05) is 19.2 Å². The van der Waals surface area contributed by atoms with E-state index in [1.807, 2.05) is 0 Å². The van der Waals surface area contributed by atoms with E-state index in [0.717, 1.165) is 5.56 Å². The Bertz CT molecular complexity index is 411. The summed E-state index contributed by atoms with van der Waals surface area (Å²) in [5.41, 5.74) is 0.757. The summed E-state index contributed by atoms with van der Waals surface area (Å²) < 4.78 is 10.0. The Kier molecular flexibility index (Phi) is 6.80. The number of hydrogen-bond donors (Lipinski definition) is 2. The fourth-order valence-corrected chi connectivity index (χ4v) is 1.53. The Balaban J connectivity index is 2.46. The van der Waals surface area contributed by atoms with Gasteiger partial charge in [0.05, 0.1) is 31.9 Å². The number of aliphatic hydroxyl groups is 1. The molecule has 0 aromatic heterocycles.